The van der Waals surface area contributed by atoms with Crippen LogP contribution in [0.3, 0.4) is 0 Å². The van der Waals surface area contributed by atoms with E-state index in [2.05, 4.69) is 190 Å². The van der Waals surface area contributed by atoms with Crippen LogP contribution < -0.4 is 0 Å². The van der Waals surface area contributed by atoms with Gasteiger partial charge in [-0.15, -0.1) is 0 Å². The lowest BCUT2D eigenvalue weighted by Gasteiger charge is -2.14. The van der Waals surface area contributed by atoms with Crippen LogP contribution in [0.1, 0.15) is 11.1 Å². The van der Waals surface area contributed by atoms with Gasteiger partial charge in [-0.25, -0.2) is 0 Å². The normalized spacial score (nSPS) is 11.8. The number of aryl methyl sites for hydroxylation is 2. The summed E-state index contributed by atoms with van der Waals surface area (Å²) in [6.45, 7) is 4.32. The van der Waals surface area contributed by atoms with Gasteiger partial charge in [0.2, 0.25) is 0 Å². The zero-order valence-electron chi connectivity index (χ0n) is 33.3. The predicted octanol–water partition coefficient (Wildman–Crippen LogP) is 16.9. The molecule has 0 spiro atoms. The molecule has 282 valence electrons. The van der Waals surface area contributed by atoms with E-state index in [9.17, 15) is 0 Å². The maximum Gasteiger partial charge on any atom is 0.144 e. The molecule has 0 saturated carbocycles. The molecule has 0 aliphatic heterocycles. The topological polar surface area (TPSA) is 26.3 Å². The highest BCUT2D eigenvalue weighted by Gasteiger charge is 2.21. The second-order valence-corrected chi connectivity index (χ2v) is 16.0. The first-order chi connectivity index (χ1) is 29.6. The summed E-state index contributed by atoms with van der Waals surface area (Å²) >= 11 is 0. The molecule has 0 fully saturated rings. The Hall–Kier alpha value is -7.68. The van der Waals surface area contributed by atoms with E-state index in [1.165, 1.54) is 109 Å². The van der Waals surface area contributed by atoms with E-state index in [0.29, 0.717) is 0 Å². The third-order valence-electron chi connectivity index (χ3n) is 12.4. The zero-order valence-corrected chi connectivity index (χ0v) is 33.3. The van der Waals surface area contributed by atoms with Gasteiger partial charge in [0.1, 0.15) is 22.3 Å². The van der Waals surface area contributed by atoms with E-state index in [1.54, 1.807) is 0 Å². The fraction of sp³-hybridized carbons (Fsp3) is 0.0345. The molecular weight excluding hydrogens is 729 g/mol. The Morgan fingerprint density at radius 1 is 0.267 bits per heavy atom. The van der Waals surface area contributed by atoms with Gasteiger partial charge >= 0.3 is 0 Å². The van der Waals surface area contributed by atoms with Gasteiger partial charge in [0.05, 0.1) is 0 Å². The van der Waals surface area contributed by atoms with Gasteiger partial charge in [0.15, 0.2) is 0 Å². The van der Waals surface area contributed by atoms with Crippen LogP contribution in [-0.2, 0) is 0 Å². The molecular formula is C58H38O2. The van der Waals surface area contributed by atoms with Crippen molar-refractivity contribution in [1.82, 2.24) is 0 Å². The molecule has 0 radical (unpaired) electrons. The van der Waals surface area contributed by atoms with Gasteiger partial charge in [-0.05, 0) is 97.4 Å². The van der Waals surface area contributed by atoms with Crippen molar-refractivity contribution in [2.24, 2.45) is 0 Å². The molecule has 2 heteroatoms. The molecule has 2 heterocycles. The first kappa shape index (κ1) is 34.4. The van der Waals surface area contributed by atoms with E-state index in [1.807, 2.05) is 18.2 Å². The summed E-state index contributed by atoms with van der Waals surface area (Å²) in [5.41, 5.74) is 11.2. The van der Waals surface area contributed by atoms with Crippen LogP contribution in [0.5, 0.6) is 0 Å². The molecule has 0 amide bonds. The third kappa shape index (κ3) is 5.21. The van der Waals surface area contributed by atoms with Crippen LogP contribution in [0.4, 0.5) is 0 Å². The third-order valence-corrected chi connectivity index (χ3v) is 12.4. The molecule has 0 aliphatic rings. The fourth-order valence-corrected chi connectivity index (χ4v) is 9.79. The average Bonchev–Trinajstić information content (AvgIpc) is 3.88. The van der Waals surface area contributed by atoms with Crippen molar-refractivity contribution < 1.29 is 8.83 Å². The van der Waals surface area contributed by atoms with Gasteiger partial charge in [-0.1, -0.05) is 187 Å². The molecule has 0 N–H and O–H groups in total. The minimum atomic E-state index is 0.932. The molecule has 11 aromatic carbocycles. The van der Waals surface area contributed by atoms with Crippen LogP contribution >= 0.6 is 0 Å². The summed E-state index contributed by atoms with van der Waals surface area (Å²) in [6, 6.07) is 69.2. The minimum Gasteiger partial charge on any atom is -0.456 e. The Balaban J connectivity index is 0.000000129. The Labute approximate surface area is 346 Å². The number of furan rings is 2. The Morgan fingerprint density at radius 3 is 1.48 bits per heavy atom. The zero-order chi connectivity index (χ0) is 39.9. The summed E-state index contributed by atoms with van der Waals surface area (Å²) < 4.78 is 12.8. The van der Waals surface area contributed by atoms with Gasteiger partial charge in [-0.3, -0.25) is 0 Å². The maximum atomic E-state index is 6.55. The maximum absolute atomic E-state index is 6.55. The molecule has 13 aromatic rings. The first-order valence-electron chi connectivity index (χ1n) is 20.7. The molecule has 0 bridgehead atoms. The lowest BCUT2D eigenvalue weighted by Crippen LogP contribution is -1.89. The first-order valence-corrected chi connectivity index (χ1v) is 20.7. The molecule has 13 rings (SSSR count). The monoisotopic (exact) mass is 766 g/mol. The van der Waals surface area contributed by atoms with E-state index in [4.69, 9.17) is 8.83 Å². The fourth-order valence-electron chi connectivity index (χ4n) is 9.79. The van der Waals surface area contributed by atoms with Crippen molar-refractivity contribution in [2.75, 3.05) is 0 Å². The summed E-state index contributed by atoms with van der Waals surface area (Å²) in [7, 11) is 0. The van der Waals surface area contributed by atoms with Crippen molar-refractivity contribution in [3.05, 3.63) is 205 Å². The number of fused-ring (bicyclic) bond motifs is 18. The standard InChI is InChI=1S/C29H18O.C29H20O/c1-17-14-15-22-24(16-17)18-8-2-3-9-19(18)28-26(22)20-10-4-5-11-21(20)27-23-12-6-7-13-25(23)30-29(27)28;1-19-15-16-22(25(17-19)20-9-3-2-4-10-20)26-18-28-29(23-12-6-5-11-21(23)26)24-13-7-8-14-27(24)30-28/h2-16H,1H3;2-18H,1H3. The SMILES string of the molecule is Cc1ccc(-c2cc3oc4ccccc4c3c3ccccc23)c(-c2ccccc2)c1.Cc1ccc2c(c1)c1ccccc1c1c3oc4ccccc4c3c3ccccc3c21. The predicted molar refractivity (Wildman–Crippen MR) is 255 cm³/mol. The van der Waals surface area contributed by atoms with Crippen molar-refractivity contribution in [3.8, 4) is 22.3 Å². The van der Waals surface area contributed by atoms with E-state index in [-0.39, 0.29) is 0 Å². The van der Waals surface area contributed by atoms with Crippen molar-refractivity contribution in [3.63, 3.8) is 0 Å². The quantitative estimate of drug-likeness (QED) is 0.164. The van der Waals surface area contributed by atoms with E-state index >= 15 is 0 Å². The van der Waals surface area contributed by atoms with E-state index in [0.717, 1.165) is 22.3 Å². The second kappa shape index (κ2) is 13.4. The Kier molecular flexibility index (Phi) is 7.70. The number of hydrogen-bond donors (Lipinski definition) is 0. The molecule has 0 aliphatic carbocycles. The molecule has 2 aromatic heterocycles. The van der Waals surface area contributed by atoms with Crippen molar-refractivity contribution >= 4 is 97.7 Å². The average molecular weight is 767 g/mol. The highest BCUT2D eigenvalue weighted by Crippen LogP contribution is 2.47. The van der Waals surface area contributed by atoms with Crippen molar-refractivity contribution in [1.29, 1.82) is 0 Å². The largest absolute Gasteiger partial charge is 0.456 e. The van der Waals surface area contributed by atoms with Crippen LogP contribution in [0.15, 0.2) is 203 Å². The summed E-state index contributed by atoms with van der Waals surface area (Å²) in [6.07, 6.45) is 0. The number of rotatable bonds is 2. The van der Waals surface area contributed by atoms with Gasteiger partial charge in [-0.2, -0.15) is 0 Å². The van der Waals surface area contributed by atoms with Crippen LogP contribution in [-0.4, -0.2) is 0 Å². The molecule has 0 atom stereocenters. The number of hydrogen-bond acceptors (Lipinski definition) is 2. The highest BCUT2D eigenvalue weighted by molar-refractivity contribution is 6.41. The lowest BCUT2D eigenvalue weighted by molar-refractivity contribution is 0.669. The van der Waals surface area contributed by atoms with Gasteiger partial charge in [0.25, 0.3) is 0 Å². The second-order valence-electron chi connectivity index (χ2n) is 16.0. The van der Waals surface area contributed by atoms with Crippen LogP contribution in [0.25, 0.3) is 120 Å². The molecule has 60 heavy (non-hydrogen) atoms. The highest BCUT2D eigenvalue weighted by atomic mass is 16.3. The number of para-hydroxylation sites is 2. The number of benzene rings is 11. The van der Waals surface area contributed by atoms with Crippen molar-refractivity contribution in [2.45, 2.75) is 13.8 Å². The van der Waals surface area contributed by atoms with E-state index < -0.39 is 0 Å². The smallest absolute Gasteiger partial charge is 0.144 e. The van der Waals surface area contributed by atoms with Crippen LogP contribution in [0.2, 0.25) is 0 Å². The summed E-state index contributed by atoms with van der Waals surface area (Å²) in [5, 5.41) is 17.4. The lowest BCUT2D eigenvalue weighted by atomic mass is 9.88. The summed E-state index contributed by atoms with van der Waals surface area (Å²) in [5.74, 6) is 0. The molecule has 2 nitrogen and oxygen atoms in total. The van der Waals surface area contributed by atoms with Gasteiger partial charge < -0.3 is 8.83 Å². The summed E-state index contributed by atoms with van der Waals surface area (Å²) in [4.78, 5) is 0. The van der Waals surface area contributed by atoms with Crippen LogP contribution in [0, 0.1) is 13.8 Å². The van der Waals surface area contributed by atoms with Gasteiger partial charge in [0, 0.05) is 32.3 Å². The molecule has 0 saturated heterocycles. The molecule has 0 unspecified atom stereocenters. The Morgan fingerprint density at radius 2 is 0.767 bits per heavy atom. The minimum absolute atomic E-state index is 0.932. The Bertz CT molecular complexity index is 3850.